The maximum Gasteiger partial charge on any atom is 0.0593 e. The van der Waals surface area contributed by atoms with Crippen LogP contribution in [0.3, 0.4) is 0 Å². The Morgan fingerprint density at radius 1 is 1.00 bits per heavy atom. The average molecular weight is 302 g/mol. The molecule has 0 aliphatic heterocycles. The molecule has 1 unspecified atom stereocenters. The van der Waals surface area contributed by atoms with Gasteiger partial charge < -0.3 is 19.9 Å². The lowest BCUT2D eigenvalue weighted by atomic mass is 9.94. The Morgan fingerprint density at radius 2 is 1.71 bits per heavy atom. The summed E-state index contributed by atoms with van der Waals surface area (Å²) < 4.78 is 5.65. The van der Waals surface area contributed by atoms with Crippen molar-refractivity contribution in [1.82, 2.24) is 15.1 Å². The summed E-state index contributed by atoms with van der Waals surface area (Å²) in [6.07, 6.45) is 4.93. The minimum Gasteiger partial charge on any atom is -0.379 e. The lowest BCUT2D eigenvalue weighted by molar-refractivity contribution is 0.111. The SMILES string of the molecule is CCCCN(C)CCC(C)(CC)NCCOCCN(C)C. The number of ether oxygens (including phenoxy) is 1. The molecule has 128 valence electrons. The molecule has 0 fully saturated rings. The summed E-state index contributed by atoms with van der Waals surface area (Å²) in [4.78, 5) is 4.60. The Balaban J connectivity index is 3.78. The predicted octanol–water partition coefficient (Wildman–Crippen LogP) is 2.44. The third-order valence-electron chi connectivity index (χ3n) is 4.20. The highest BCUT2D eigenvalue weighted by Crippen LogP contribution is 2.14. The van der Waals surface area contributed by atoms with Crippen molar-refractivity contribution in [2.75, 3.05) is 60.5 Å². The van der Waals surface area contributed by atoms with Gasteiger partial charge in [-0.25, -0.2) is 0 Å². The number of hydrogen-bond acceptors (Lipinski definition) is 4. The Morgan fingerprint density at radius 3 is 2.29 bits per heavy atom. The van der Waals surface area contributed by atoms with E-state index in [0.717, 1.165) is 32.7 Å². The van der Waals surface area contributed by atoms with E-state index in [1.807, 2.05) is 0 Å². The lowest BCUT2D eigenvalue weighted by Crippen LogP contribution is -2.45. The number of nitrogens with one attached hydrogen (secondary N) is 1. The van der Waals surface area contributed by atoms with Gasteiger partial charge >= 0.3 is 0 Å². The number of nitrogens with zero attached hydrogens (tertiary/aromatic N) is 2. The van der Waals surface area contributed by atoms with Gasteiger partial charge in [0, 0.05) is 18.6 Å². The maximum atomic E-state index is 5.65. The van der Waals surface area contributed by atoms with Gasteiger partial charge in [0.1, 0.15) is 0 Å². The molecule has 1 atom stereocenters. The van der Waals surface area contributed by atoms with E-state index >= 15 is 0 Å². The standard InChI is InChI=1S/C17H39N3O/c1-7-9-12-20(6)13-10-17(3,8-2)18-11-15-21-16-14-19(4)5/h18H,7-16H2,1-6H3. The van der Waals surface area contributed by atoms with E-state index in [4.69, 9.17) is 4.74 Å². The summed E-state index contributed by atoms with van der Waals surface area (Å²) in [5.41, 5.74) is 0.228. The third-order valence-corrected chi connectivity index (χ3v) is 4.20. The van der Waals surface area contributed by atoms with Gasteiger partial charge in [-0.2, -0.15) is 0 Å². The van der Waals surface area contributed by atoms with E-state index in [0.29, 0.717) is 0 Å². The Hall–Kier alpha value is -0.160. The van der Waals surface area contributed by atoms with Crippen molar-refractivity contribution in [1.29, 1.82) is 0 Å². The summed E-state index contributed by atoms with van der Waals surface area (Å²) >= 11 is 0. The molecule has 0 amide bonds. The molecule has 4 heteroatoms. The molecule has 0 radical (unpaired) electrons. The fourth-order valence-electron chi connectivity index (χ4n) is 2.14. The van der Waals surface area contributed by atoms with Crippen molar-refractivity contribution in [2.45, 2.75) is 52.0 Å². The van der Waals surface area contributed by atoms with Gasteiger partial charge in [-0.1, -0.05) is 20.3 Å². The first-order valence-electron chi connectivity index (χ1n) is 8.59. The number of likely N-dealkylation sites (N-methyl/N-ethyl adjacent to an activating group) is 1. The first-order chi connectivity index (χ1) is 9.93. The van der Waals surface area contributed by atoms with E-state index in [1.165, 1.54) is 32.4 Å². The average Bonchev–Trinajstić information content (AvgIpc) is 2.46. The predicted molar refractivity (Wildman–Crippen MR) is 93.1 cm³/mol. The molecule has 0 aliphatic rings. The summed E-state index contributed by atoms with van der Waals surface area (Å²) in [5.74, 6) is 0. The van der Waals surface area contributed by atoms with E-state index in [9.17, 15) is 0 Å². The van der Waals surface area contributed by atoms with Crippen molar-refractivity contribution < 1.29 is 4.74 Å². The molecule has 0 aromatic heterocycles. The molecule has 21 heavy (non-hydrogen) atoms. The molecule has 0 saturated carbocycles. The third kappa shape index (κ3) is 12.1. The lowest BCUT2D eigenvalue weighted by Gasteiger charge is -2.32. The molecule has 0 aromatic carbocycles. The summed E-state index contributed by atoms with van der Waals surface area (Å²) in [5, 5.41) is 3.68. The Labute approximate surface area is 133 Å². The van der Waals surface area contributed by atoms with Crippen LogP contribution in [0.2, 0.25) is 0 Å². The smallest absolute Gasteiger partial charge is 0.0593 e. The zero-order valence-corrected chi connectivity index (χ0v) is 15.4. The highest BCUT2D eigenvalue weighted by atomic mass is 16.5. The number of hydrogen-bond donors (Lipinski definition) is 1. The number of unbranched alkanes of at least 4 members (excludes halogenated alkanes) is 1. The first-order valence-corrected chi connectivity index (χ1v) is 8.59. The van der Waals surface area contributed by atoms with Gasteiger partial charge in [0.25, 0.3) is 0 Å². The second-order valence-electron chi connectivity index (χ2n) is 6.66. The Kier molecular flexibility index (Phi) is 12.3. The maximum absolute atomic E-state index is 5.65. The fourth-order valence-corrected chi connectivity index (χ4v) is 2.14. The minimum absolute atomic E-state index is 0.228. The normalized spacial score (nSPS) is 14.9. The van der Waals surface area contributed by atoms with E-state index in [-0.39, 0.29) is 5.54 Å². The van der Waals surface area contributed by atoms with Gasteiger partial charge in [-0.3, -0.25) is 0 Å². The van der Waals surface area contributed by atoms with Crippen LogP contribution in [0.25, 0.3) is 0 Å². The second-order valence-corrected chi connectivity index (χ2v) is 6.66. The molecule has 0 bridgehead atoms. The molecule has 0 aliphatic carbocycles. The minimum atomic E-state index is 0.228. The molecule has 4 nitrogen and oxygen atoms in total. The van der Waals surface area contributed by atoms with Crippen LogP contribution < -0.4 is 5.32 Å². The largest absolute Gasteiger partial charge is 0.379 e. The van der Waals surface area contributed by atoms with Crippen LogP contribution in [0.4, 0.5) is 0 Å². The van der Waals surface area contributed by atoms with Crippen LogP contribution in [-0.4, -0.2) is 75.9 Å². The van der Waals surface area contributed by atoms with E-state index in [1.54, 1.807) is 0 Å². The van der Waals surface area contributed by atoms with Crippen molar-refractivity contribution in [3.63, 3.8) is 0 Å². The van der Waals surface area contributed by atoms with Gasteiger partial charge in [0.05, 0.1) is 13.2 Å². The van der Waals surface area contributed by atoms with Crippen molar-refractivity contribution in [2.24, 2.45) is 0 Å². The molecule has 0 rings (SSSR count). The molecule has 1 N–H and O–H groups in total. The van der Waals surface area contributed by atoms with Crippen LogP contribution in [-0.2, 0) is 4.74 Å². The topological polar surface area (TPSA) is 27.7 Å². The zero-order valence-electron chi connectivity index (χ0n) is 15.4. The highest BCUT2D eigenvalue weighted by molar-refractivity contribution is 4.82. The molecular formula is C17H39N3O. The number of rotatable bonds is 14. The van der Waals surface area contributed by atoms with Gasteiger partial charge in [0.2, 0.25) is 0 Å². The van der Waals surface area contributed by atoms with Crippen LogP contribution in [0.15, 0.2) is 0 Å². The van der Waals surface area contributed by atoms with Crippen LogP contribution >= 0.6 is 0 Å². The van der Waals surface area contributed by atoms with E-state index in [2.05, 4.69) is 57.0 Å². The van der Waals surface area contributed by atoms with E-state index < -0.39 is 0 Å². The molecule has 0 saturated heterocycles. The van der Waals surface area contributed by atoms with Crippen molar-refractivity contribution in [3.05, 3.63) is 0 Å². The molecule has 0 heterocycles. The van der Waals surface area contributed by atoms with Gasteiger partial charge in [0.15, 0.2) is 0 Å². The van der Waals surface area contributed by atoms with Crippen LogP contribution in [0.5, 0.6) is 0 Å². The first kappa shape index (κ1) is 20.8. The van der Waals surface area contributed by atoms with Gasteiger partial charge in [-0.15, -0.1) is 0 Å². The zero-order chi connectivity index (χ0) is 16.1. The molecule has 0 aromatic rings. The van der Waals surface area contributed by atoms with Crippen LogP contribution in [0, 0.1) is 0 Å². The molecule has 0 spiro atoms. The quantitative estimate of drug-likeness (QED) is 0.499. The monoisotopic (exact) mass is 301 g/mol. The summed E-state index contributed by atoms with van der Waals surface area (Å²) in [6, 6.07) is 0. The van der Waals surface area contributed by atoms with Crippen molar-refractivity contribution >= 4 is 0 Å². The van der Waals surface area contributed by atoms with Crippen molar-refractivity contribution in [3.8, 4) is 0 Å². The summed E-state index contributed by atoms with van der Waals surface area (Å²) in [6.45, 7) is 12.8. The fraction of sp³-hybridized carbons (Fsp3) is 1.00. The summed E-state index contributed by atoms with van der Waals surface area (Å²) in [7, 11) is 6.38. The highest BCUT2D eigenvalue weighted by Gasteiger charge is 2.21. The Bertz CT molecular complexity index is 236. The second kappa shape index (κ2) is 12.4. The molecular weight excluding hydrogens is 262 g/mol. The van der Waals surface area contributed by atoms with Crippen LogP contribution in [0.1, 0.15) is 46.5 Å². The van der Waals surface area contributed by atoms with Gasteiger partial charge in [-0.05, 0) is 60.4 Å².